The van der Waals surface area contributed by atoms with Gasteiger partial charge < -0.3 is 89.9 Å². The molecule has 3 heterocycles. The maximum atomic E-state index is 13.4. The normalized spacial score (nSPS) is 27.7. The second kappa shape index (κ2) is 56.3. The molecule has 3 aliphatic heterocycles. The lowest BCUT2D eigenvalue weighted by Gasteiger charge is -2.48. The van der Waals surface area contributed by atoms with Crippen molar-refractivity contribution in [2.45, 2.75) is 381 Å². The number of aliphatic hydroxyl groups is 11. The van der Waals surface area contributed by atoms with Gasteiger partial charge in [-0.05, 0) is 70.6 Å². The average Bonchev–Trinajstić information content (AvgIpc) is 0.787. The van der Waals surface area contributed by atoms with Gasteiger partial charge in [-0.1, -0.05) is 261 Å². The van der Waals surface area contributed by atoms with Gasteiger partial charge in [0.15, 0.2) is 18.9 Å². The fourth-order valence-electron chi connectivity index (χ4n) is 12.5. The van der Waals surface area contributed by atoms with Gasteiger partial charge in [0.05, 0.1) is 38.6 Å². The van der Waals surface area contributed by atoms with Crippen LogP contribution in [-0.2, 0) is 33.2 Å². The summed E-state index contributed by atoms with van der Waals surface area (Å²) < 4.78 is 34.4. The van der Waals surface area contributed by atoms with Gasteiger partial charge in [0.25, 0.3) is 0 Å². The fourth-order valence-corrected chi connectivity index (χ4v) is 12.5. The van der Waals surface area contributed by atoms with Crippen LogP contribution >= 0.6 is 0 Å². The summed E-state index contributed by atoms with van der Waals surface area (Å²) in [5.41, 5.74) is 0. The molecule has 12 N–H and O–H groups in total. The van der Waals surface area contributed by atoms with Crippen molar-refractivity contribution >= 4 is 5.91 Å². The number of unbranched alkanes of at least 4 members (excludes halogenated alkanes) is 34. The van der Waals surface area contributed by atoms with Crippen LogP contribution in [0.1, 0.15) is 277 Å². The maximum absolute atomic E-state index is 13.4. The largest absolute Gasteiger partial charge is 0.394 e. The predicted molar refractivity (Wildman–Crippen MR) is 369 cm³/mol. The van der Waals surface area contributed by atoms with E-state index in [1.807, 2.05) is 6.08 Å². The van der Waals surface area contributed by atoms with E-state index in [2.05, 4.69) is 67.8 Å². The second-order valence-electron chi connectivity index (χ2n) is 26.7. The Bertz CT molecular complexity index is 1940. The average molecular weight is 1340 g/mol. The molecule has 0 bridgehead atoms. The Morgan fingerprint density at radius 3 is 1.14 bits per heavy atom. The van der Waals surface area contributed by atoms with Crippen LogP contribution in [0, 0.1) is 0 Å². The van der Waals surface area contributed by atoms with Gasteiger partial charge >= 0.3 is 0 Å². The van der Waals surface area contributed by atoms with Crippen molar-refractivity contribution in [3.05, 3.63) is 60.8 Å². The topological polar surface area (TPSA) is 307 Å². The number of amides is 1. The monoisotopic (exact) mass is 1340 g/mol. The highest BCUT2D eigenvalue weighted by Gasteiger charge is 2.53. The molecule has 1 amide bonds. The predicted octanol–water partition coefficient (Wildman–Crippen LogP) is 11.1. The van der Waals surface area contributed by atoms with Crippen molar-refractivity contribution in [1.82, 2.24) is 5.32 Å². The summed E-state index contributed by atoms with van der Waals surface area (Å²) in [7, 11) is 0. The molecule has 3 rings (SSSR count). The second-order valence-corrected chi connectivity index (χ2v) is 26.7. The third-order valence-corrected chi connectivity index (χ3v) is 18.5. The molecule has 19 nitrogen and oxygen atoms in total. The van der Waals surface area contributed by atoms with Gasteiger partial charge in [0.2, 0.25) is 5.91 Å². The highest BCUT2D eigenvalue weighted by atomic mass is 16.8. The number of nitrogens with one attached hydrogen (secondary N) is 1. The van der Waals surface area contributed by atoms with E-state index in [-0.39, 0.29) is 18.9 Å². The Morgan fingerprint density at radius 1 is 0.383 bits per heavy atom. The van der Waals surface area contributed by atoms with E-state index in [0.717, 1.165) is 51.4 Å². The van der Waals surface area contributed by atoms with Crippen molar-refractivity contribution in [1.29, 1.82) is 0 Å². The summed E-state index contributed by atoms with van der Waals surface area (Å²) >= 11 is 0. The first-order chi connectivity index (χ1) is 45.8. The Labute approximate surface area is 566 Å². The smallest absolute Gasteiger partial charge is 0.220 e. The van der Waals surface area contributed by atoms with E-state index in [9.17, 15) is 61.0 Å². The van der Waals surface area contributed by atoms with Crippen molar-refractivity contribution in [2.75, 3.05) is 26.4 Å². The molecular weight excluding hydrogens is 1200 g/mol. The van der Waals surface area contributed by atoms with E-state index in [4.69, 9.17) is 28.4 Å². The summed E-state index contributed by atoms with van der Waals surface area (Å²) in [4.78, 5) is 13.4. The zero-order valence-electron chi connectivity index (χ0n) is 58.2. The quantitative estimate of drug-likeness (QED) is 0.0199. The molecular formula is C75H135NO18. The summed E-state index contributed by atoms with van der Waals surface area (Å²) in [6.07, 6.45) is 43.5. The first-order valence-electron chi connectivity index (χ1n) is 37.5. The Kier molecular flexibility index (Phi) is 51.3. The molecule has 0 radical (unpaired) electrons. The van der Waals surface area contributed by atoms with E-state index in [1.54, 1.807) is 6.08 Å². The van der Waals surface area contributed by atoms with E-state index >= 15 is 0 Å². The Balaban J connectivity index is 1.39. The minimum absolute atomic E-state index is 0.235. The number of hydrogen-bond acceptors (Lipinski definition) is 18. The molecule has 0 aromatic heterocycles. The molecule has 0 aromatic carbocycles. The molecule has 94 heavy (non-hydrogen) atoms. The van der Waals surface area contributed by atoms with Gasteiger partial charge in [-0.25, -0.2) is 0 Å². The van der Waals surface area contributed by atoms with Crippen molar-refractivity contribution in [3.8, 4) is 0 Å². The van der Waals surface area contributed by atoms with E-state index in [0.29, 0.717) is 12.8 Å². The van der Waals surface area contributed by atoms with E-state index in [1.165, 1.54) is 193 Å². The first kappa shape index (κ1) is 85.7. The Hall–Kier alpha value is -2.51. The fraction of sp³-hybridized carbons (Fsp3) is 0.853. The van der Waals surface area contributed by atoms with Gasteiger partial charge in [-0.15, -0.1) is 0 Å². The Morgan fingerprint density at radius 2 is 0.713 bits per heavy atom. The van der Waals surface area contributed by atoms with Crippen LogP contribution in [0.5, 0.6) is 0 Å². The molecule has 548 valence electrons. The summed E-state index contributed by atoms with van der Waals surface area (Å²) in [6.45, 7) is 1.72. The number of rotatable bonds is 58. The number of carbonyl (C=O) groups is 1. The number of hydrogen-bond donors (Lipinski definition) is 12. The molecule has 3 aliphatic rings. The van der Waals surface area contributed by atoms with Crippen LogP contribution in [0.25, 0.3) is 0 Å². The standard InChI is InChI=1S/C75H135NO18/c1-3-5-7-9-11-13-15-17-19-21-23-24-25-26-27-28-29-30-31-32-33-34-35-37-39-41-43-45-47-49-51-53-63(81)76-58(59(80)52-50-48-46-44-42-40-38-36-22-20-18-16-14-12-10-8-6-4-2)57-89-73-69(87)66(84)71(61(55-78)91-73)94-75-70(88)67(85)72(62(56-79)92-75)93-74-68(86)65(83)64(82)60(54-77)90-74/h15,17,21,23,25-26,42,44,50,52,58-62,64-75,77-80,82-88H,3-14,16,18-20,22,24,27-41,43,45-49,51,53-57H2,1-2H3,(H,76,81)/b17-15-,23-21-,26-25-,44-42+,52-50+. The molecule has 0 spiro atoms. The molecule has 0 aliphatic carbocycles. The third kappa shape index (κ3) is 37.1. The SMILES string of the molecule is CCCCCCC/C=C\C/C=C\C/C=C\CCCCCCCCCCCCCCCCCCC(=O)NC(COC1OC(CO)C(OC2OC(CO)C(OC3OC(CO)C(O)C(O)C3O)C(O)C2O)C(O)C1O)C(O)/C=C/CC/C=C/CCCCCCCCCCCCCC. The number of carbonyl (C=O) groups excluding carboxylic acids is 1. The minimum atomic E-state index is -1.98. The number of allylic oxidation sites excluding steroid dienone is 9. The van der Waals surface area contributed by atoms with Crippen LogP contribution in [0.2, 0.25) is 0 Å². The van der Waals surface area contributed by atoms with Crippen LogP contribution in [0.4, 0.5) is 0 Å². The lowest BCUT2D eigenvalue weighted by Crippen LogP contribution is -2.66. The maximum Gasteiger partial charge on any atom is 0.220 e. The molecule has 17 unspecified atom stereocenters. The van der Waals surface area contributed by atoms with Crippen molar-refractivity contribution in [2.24, 2.45) is 0 Å². The first-order valence-corrected chi connectivity index (χ1v) is 37.5. The molecule has 0 saturated carbocycles. The summed E-state index contributed by atoms with van der Waals surface area (Å²) in [6, 6.07) is -0.992. The summed E-state index contributed by atoms with van der Waals surface area (Å²) in [5, 5.41) is 121. The van der Waals surface area contributed by atoms with Crippen LogP contribution in [-0.4, -0.2) is 193 Å². The molecule has 19 heteroatoms. The zero-order chi connectivity index (χ0) is 68.2. The van der Waals surface area contributed by atoms with Gasteiger partial charge in [-0.3, -0.25) is 4.79 Å². The van der Waals surface area contributed by atoms with Gasteiger partial charge in [0, 0.05) is 6.42 Å². The minimum Gasteiger partial charge on any atom is -0.394 e. The number of aliphatic hydroxyl groups excluding tert-OH is 11. The lowest BCUT2D eigenvalue weighted by atomic mass is 9.96. The van der Waals surface area contributed by atoms with Crippen molar-refractivity contribution < 1.29 is 89.4 Å². The summed E-state index contributed by atoms with van der Waals surface area (Å²) in [5.74, 6) is -0.284. The molecule has 0 aromatic rings. The highest BCUT2D eigenvalue weighted by molar-refractivity contribution is 5.76. The molecule has 3 fully saturated rings. The lowest BCUT2D eigenvalue weighted by molar-refractivity contribution is -0.379. The zero-order valence-corrected chi connectivity index (χ0v) is 58.2. The van der Waals surface area contributed by atoms with Crippen LogP contribution < -0.4 is 5.32 Å². The highest BCUT2D eigenvalue weighted by Crippen LogP contribution is 2.33. The van der Waals surface area contributed by atoms with Crippen LogP contribution in [0.3, 0.4) is 0 Å². The van der Waals surface area contributed by atoms with Crippen LogP contribution in [0.15, 0.2) is 60.8 Å². The molecule has 3 saturated heterocycles. The van der Waals surface area contributed by atoms with Gasteiger partial charge in [-0.2, -0.15) is 0 Å². The third-order valence-electron chi connectivity index (χ3n) is 18.5. The van der Waals surface area contributed by atoms with Gasteiger partial charge in [0.1, 0.15) is 73.2 Å². The van der Waals surface area contributed by atoms with Crippen molar-refractivity contribution in [3.63, 3.8) is 0 Å². The number of ether oxygens (including phenoxy) is 6. The molecule has 17 atom stereocenters. The van der Waals surface area contributed by atoms with E-state index < -0.39 is 124 Å².